The number of ether oxygens (including phenoxy) is 1. The molecule has 0 bridgehead atoms. The number of benzene rings is 1. The van der Waals surface area contributed by atoms with Crippen molar-refractivity contribution in [3.05, 3.63) is 29.6 Å². The monoisotopic (exact) mass is 210 g/mol. The molecular weight excluding hydrogens is 195 g/mol. The van der Waals surface area contributed by atoms with Crippen LogP contribution in [-0.4, -0.2) is 12.4 Å². The zero-order valence-electron chi connectivity index (χ0n) is 9.00. The van der Waals surface area contributed by atoms with Crippen molar-refractivity contribution in [3.8, 4) is 5.75 Å². The maximum Gasteiger partial charge on any atom is 0.153 e. The molecule has 0 N–H and O–H groups in total. The molecular formula is C12H15FO2. The zero-order chi connectivity index (χ0) is 11.3. The Bertz CT molecular complexity index is 336. The summed E-state index contributed by atoms with van der Waals surface area (Å²) in [6.45, 7) is 3.99. The van der Waals surface area contributed by atoms with Crippen molar-refractivity contribution in [2.24, 2.45) is 0 Å². The first-order valence-electron chi connectivity index (χ1n) is 5.08. The van der Waals surface area contributed by atoms with E-state index in [2.05, 4.69) is 6.92 Å². The lowest BCUT2D eigenvalue weighted by molar-refractivity contribution is 0.111. The summed E-state index contributed by atoms with van der Waals surface area (Å²) >= 11 is 0. The van der Waals surface area contributed by atoms with Crippen LogP contribution in [0, 0.1) is 5.82 Å². The largest absolute Gasteiger partial charge is 0.490 e. The second-order valence-corrected chi connectivity index (χ2v) is 3.52. The first kappa shape index (κ1) is 11.7. The van der Waals surface area contributed by atoms with Gasteiger partial charge in [0, 0.05) is 0 Å². The molecule has 3 heteroatoms. The van der Waals surface area contributed by atoms with E-state index in [0.717, 1.165) is 12.8 Å². The van der Waals surface area contributed by atoms with Crippen molar-refractivity contribution in [3.63, 3.8) is 0 Å². The number of halogens is 1. The summed E-state index contributed by atoms with van der Waals surface area (Å²) in [4.78, 5) is 10.7. The highest BCUT2D eigenvalue weighted by atomic mass is 19.1. The molecule has 1 rings (SSSR count). The van der Waals surface area contributed by atoms with Crippen molar-refractivity contribution >= 4 is 6.29 Å². The molecule has 0 heterocycles. The van der Waals surface area contributed by atoms with E-state index < -0.39 is 5.82 Å². The van der Waals surface area contributed by atoms with Crippen LogP contribution in [0.1, 0.15) is 37.0 Å². The minimum atomic E-state index is -0.424. The minimum absolute atomic E-state index is 0.0409. The van der Waals surface area contributed by atoms with E-state index in [1.165, 1.54) is 18.2 Å². The fourth-order valence-electron chi connectivity index (χ4n) is 1.40. The van der Waals surface area contributed by atoms with Crippen LogP contribution in [0.25, 0.3) is 0 Å². The summed E-state index contributed by atoms with van der Waals surface area (Å²) in [6.07, 6.45) is 2.57. The van der Waals surface area contributed by atoms with Crippen LogP contribution in [0.15, 0.2) is 18.2 Å². The molecule has 82 valence electrons. The molecule has 0 aliphatic rings. The SMILES string of the molecule is CCCC(C)Oc1ccc(F)cc1C=O. The molecule has 0 aliphatic heterocycles. The van der Waals surface area contributed by atoms with Crippen molar-refractivity contribution in [2.75, 3.05) is 0 Å². The summed E-state index contributed by atoms with van der Waals surface area (Å²) < 4.78 is 18.3. The maximum absolute atomic E-state index is 12.8. The molecule has 2 nitrogen and oxygen atoms in total. The predicted molar refractivity (Wildman–Crippen MR) is 56.8 cm³/mol. The zero-order valence-corrected chi connectivity index (χ0v) is 9.00. The average molecular weight is 210 g/mol. The average Bonchev–Trinajstić information content (AvgIpc) is 2.21. The van der Waals surface area contributed by atoms with E-state index in [4.69, 9.17) is 4.74 Å². The predicted octanol–water partition coefficient (Wildman–Crippen LogP) is 3.21. The quantitative estimate of drug-likeness (QED) is 0.697. The van der Waals surface area contributed by atoms with E-state index in [1.807, 2.05) is 6.92 Å². The second kappa shape index (κ2) is 5.49. The van der Waals surface area contributed by atoms with Crippen molar-refractivity contribution in [1.82, 2.24) is 0 Å². The smallest absolute Gasteiger partial charge is 0.153 e. The van der Waals surface area contributed by atoms with Gasteiger partial charge in [0.1, 0.15) is 11.6 Å². The highest BCUT2D eigenvalue weighted by molar-refractivity contribution is 5.79. The van der Waals surface area contributed by atoms with Gasteiger partial charge in [-0.2, -0.15) is 0 Å². The molecule has 0 radical (unpaired) electrons. The van der Waals surface area contributed by atoms with E-state index >= 15 is 0 Å². The summed E-state index contributed by atoms with van der Waals surface area (Å²) in [7, 11) is 0. The first-order chi connectivity index (χ1) is 7.17. The van der Waals surface area contributed by atoms with Gasteiger partial charge in [-0.25, -0.2) is 4.39 Å². The van der Waals surface area contributed by atoms with Crippen LogP contribution in [-0.2, 0) is 0 Å². The number of rotatable bonds is 5. The number of aldehydes is 1. The van der Waals surface area contributed by atoms with Crippen LogP contribution in [0.2, 0.25) is 0 Å². The lowest BCUT2D eigenvalue weighted by atomic mass is 10.2. The van der Waals surface area contributed by atoms with Crippen LogP contribution in [0.5, 0.6) is 5.75 Å². The first-order valence-corrected chi connectivity index (χ1v) is 5.08. The lowest BCUT2D eigenvalue weighted by Gasteiger charge is -2.14. The fraction of sp³-hybridized carbons (Fsp3) is 0.417. The van der Waals surface area contributed by atoms with E-state index in [-0.39, 0.29) is 11.7 Å². The molecule has 0 amide bonds. The van der Waals surface area contributed by atoms with Crippen molar-refractivity contribution in [1.29, 1.82) is 0 Å². The van der Waals surface area contributed by atoms with Gasteiger partial charge in [0.05, 0.1) is 11.7 Å². The molecule has 15 heavy (non-hydrogen) atoms. The molecule has 0 aliphatic carbocycles. The van der Waals surface area contributed by atoms with E-state index in [9.17, 15) is 9.18 Å². The molecule has 0 fully saturated rings. The Morgan fingerprint density at radius 3 is 2.87 bits per heavy atom. The molecule has 0 spiro atoms. The molecule has 0 saturated heterocycles. The highest BCUT2D eigenvalue weighted by Gasteiger charge is 2.08. The lowest BCUT2D eigenvalue weighted by Crippen LogP contribution is -2.12. The van der Waals surface area contributed by atoms with Gasteiger partial charge in [0.15, 0.2) is 6.29 Å². The van der Waals surface area contributed by atoms with Crippen LogP contribution >= 0.6 is 0 Å². The third-order valence-electron chi connectivity index (χ3n) is 2.12. The summed E-state index contributed by atoms with van der Waals surface area (Å²) in [5, 5.41) is 0. The maximum atomic E-state index is 12.8. The Kier molecular flexibility index (Phi) is 4.28. The summed E-state index contributed by atoms with van der Waals surface area (Å²) in [5.74, 6) is 0.0277. The Labute approximate surface area is 89.1 Å². The van der Waals surface area contributed by atoms with E-state index in [0.29, 0.717) is 12.0 Å². The molecule has 1 unspecified atom stereocenters. The number of hydrogen-bond donors (Lipinski definition) is 0. The molecule has 1 atom stereocenters. The Morgan fingerprint density at radius 1 is 1.53 bits per heavy atom. The van der Waals surface area contributed by atoms with Crippen molar-refractivity contribution < 1.29 is 13.9 Å². The third-order valence-corrected chi connectivity index (χ3v) is 2.12. The highest BCUT2D eigenvalue weighted by Crippen LogP contribution is 2.20. The van der Waals surface area contributed by atoms with Gasteiger partial charge in [-0.1, -0.05) is 13.3 Å². The van der Waals surface area contributed by atoms with Gasteiger partial charge in [0.2, 0.25) is 0 Å². The van der Waals surface area contributed by atoms with E-state index in [1.54, 1.807) is 0 Å². The van der Waals surface area contributed by atoms with Gasteiger partial charge in [-0.05, 0) is 31.5 Å². The molecule has 0 saturated carbocycles. The van der Waals surface area contributed by atoms with Gasteiger partial charge >= 0.3 is 0 Å². The standard InChI is InChI=1S/C12H15FO2/c1-3-4-9(2)15-12-6-5-11(13)7-10(12)8-14/h5-9H,3-4H2,1-2H3. The third kappa shape index (κ3) is 3.35. The Balaban J connectivity index is 2.80. The fourth-order valence-corrected chi connectivity index (χ4v) is 1.40. The molecule has 1 aromatic rings. The normalized spacial score (nSPS) is 12.2. The van der Waals surface area contributed by atoms with Crippen LogP contribution in [0.4, 0.5) is 4.39 Å². The number of carbonyl (C=O) groups is 1. The van der Waals surface area contributed by atoms with Crippen molar-refractivity contribution in [2.45, 2.75) is 32.8 Å². The van der Waals surface area contributed by atoms with Gasteiger partial charge < -0.3 is 4.74 Å². The summed E-state index contributed by atoms with van der Waals surface area (Å²) in [5.41, 5.74) is 0.262. The van der Waals surface area contributed by atoms with Gasteiger partial charge in [-0.3, -0.25) is 4.79 Å². The van der Waals surface area contributed by atoms with Crippen LogP contribution < -0.4 is 4.74 Å². The Morgan fingerprint density at radius 2 is 2.27 bits per heavy atom. The molecule has 1 aromatic carbocycles. The molecule has 0 aromatic heterocycles. The van der Waals surface area contributed by atoms with Gasteiger partial charge in [-0.15, -0.1) is 0 Å². The number of carbonyl (C=O) groups excluding carboxylic acids is 1. The second-order valence-electron chi connectivity index (χ2n) is 3.52. The van der Waals surface area contributed by atoms with Crippen LogP contribution in [0.3, 0.4) is 0 Å². The summed E-state index contributed by atoms with van der Waals surface area (Å²) in [6, 6.07) is 3.97. The topological polar surface area (TPSA) is 26.3 Å². The minimum Gasteiger partial charge on any atom is -0.490 e. The Hall–Kier alpha value is -1.38. The number of hydrogen-bond acceptors (Lipinski definition) is 2. The van der Waals surface area contributed by atoms with Gasteiger partial charge in [0.25, 0.3) is 0 Å².